The van der Waals surface area contributed by atoms with Crippen LogP contribution in [-0.2, 0) is 0 Å². The van der Waals surface area contributed by atoms with Crippen molar-refractivity contribution in [2.24, 2.45) is 0 Å². The van der Waals surface area contributed by atoms with Crippen LogP contribution in [0.1, 0.15) is 6.42 Å². The molecule has 2 heterocycles. The minimum Gasteiger partial charge on any atom is -0.377 e. The summed E-state index contributed by atoms with van der Waals surface area (Å²) in [5.41, 5.74) is 2.70. The molecule has 3 heteroatoms. The Hall–Kier alpha value is -1.48. The third-order valence-corrected chi connectivity index (χ3v) is 3.50. The minimum atomic E-state index is 1.00. The summed E-state index contributed by atoms with van der Waals surface area (Å²) in [6.07, 6.45) is 14.6. The molecule has 0 aromatic rings. The predicted molar refractivity (Wildman–Crippen MR) is 81.8 cm³/mol. The fourth-order valence-corrected chi connectivity index (χ4v) is 2.29. The molecule has 0 saturated carbocycles. The highest BCUT2D eigenvalue weighted by atomic mass is 15.1. The SMILES string of the molecule is CN(C)CCCN1C=CC(C2=CCN(C)C=C2)=CC1. The van der Waals surface area contributed by atoms with Gasteiger partial charge in [0.2, 0.25) is 0 Å². The van der Waals surface area contributed by atoms with E-state index in [9.17, 15) is 0 Å². The van der Waals surface area contributed by atoms with Crippen LogP contribution in [0.4, 0.5) is 0 Å². The molecule has 3 nitrogen and oxygen atoms in total. The van der Waals surface area contributed by atoms with Crippen LogP contribution in [0.15, 0.2) is 47.9 Å². The Morgan fingerprint density at radius 3 is 2.26 bits per heavy atom. The summed E-state index contributed by atoms with van der Waals surface area (Å²) >= 11 is 0. The van der Waals surface area contributed by atoms with E-state index in [1.807, 2.05) is 0 Å². The molecule has 2 aliphatic heterocycles. The van der Waals surface area contributed by atoms with E-state index in [2.05, 4.69) is 72.5 Å². The molecule has 0 N–H and O–H groups in total. The van der Waals surface area contributed by atoms with Crippen molar-refractivity contribution in [2.75, 3.05) is 47.3 Å². The predicted octanol–water partition coefficient (Wildman–Crippen LogP) is 2.08. The van der Waals surface area contributed by atoms with Crippen LogP contribution in [-0.4, -0.2) is 62.0 Å². The number of allylic oxidation sites excluding steroid dienone is 4. The van der Waals surface area contributed by atoms with Gasteiger partial charge in [0.1, 0.15) is 0 Å². The number of nitrogens with zero attached hydrogens (tertiary/aromatic N) is 3. The van der Waals surface area contributed by atoms with Gasteiger partial charge in [0.25, 0.3) is 0 Å². The lowest BCUT2D eigenvalue weighted by Crippen LogP contribution is -2.25. The van der Waals surface area contributed by atoms with Crippen molar-refractivity contribution in [2.45, 2.75) is 6.42 Å². The molecule has 0 spiro atoms. The highest BCUT2D eigenvalue weighted by Crippen LogP contribution is 2.19. The Morgan fingerprint density at radius 2 is 1.74 bits per heavy atom. The number of hydrogen-bond acceptors (Lipinski definition) is 3. The van der Waals surface area contributed by atoms with Crippen molar-refractivity contribution in [1.82, 2.24) is 14.7 Å². The molecule has 0 aromatic carbocycles. The van der Waals surface area contributed by atoms with Gasteiger partial charge in [0.15, 0.2) is 0 Å². The van der Waals surface area contributed by atoms with E-state index in [-0.39, 0.29) is 0 Å². The Bertz CT molecular complexity index is 416. The van der Waals surface area contributed by atoms with E-state index < -0.39 is 0 Å². The Labute approximate surface area is 117 Å². The quantitative estimate of drug-likeness (QED) is 0.748. The molecule has 104 valence electrons. The van der Waals surface area contributed by atoms with Crippen molar-refractivity contribution in [3.8, 4) is 0 Å². The summed E-state index contributed by atoms with van der Waals surface area (Å²) in [6, 6.07) is 0. The second-order valence-electron chi connectivity index (χ2n) is 5.54. The van der Waals surface area contributed by atoms with Crippen LogP contribution in [0.2, 0.25) is 0 Å². The van der Waals surface area contributed by atoms with Gasteiger partial charge in [0.05, 0.1) is 0 Å². The molecule has 0 amide bonds. The van der Waals surface area contributed by atoms with Gasteiger partial charge in [0, 0.05) is 26.7 Å². The molecule has 0 atom stereocenters. The first-order valence-corrected chi connectivity index (χ1v) is 7.01. The molecule has 0 fully saturated rings. The monoisotopic (exact) mass is 259 g/mol. The zero-order valence-electron chi connectivity index (χ0n) is 12.3. The van der Waals surface area contributed by atoms with Crippen LogP contribution < -0.4 is 0 Å². The molecular weight excluding hydrogens is 234 g/mol. The van der Waals surface area contributed by atoms with Crippen molar-refractivity contribution in [3.05, 3.63) is 47.9 Å². The Balaban J connectivity index is 1.81. The highest BCUT2D eigenvalue weighted by Gasteiger charge is 2.09. The van der Waals surface area contributed by atoms with E-state index in [1.165, 1.54) is 17.6 Å². The molecule has 0 saturated heterocycles. The molecule has 2 aliphatic rings. The average Bonchev–Trinajstić information content (AvgIpc) is 2.40. The third-order valence-electron chi connectivity index (χ3n) is 3.50. The van der Waals surface area contributed by atoms with E-state index in [0.29, 0.717) is 0 Å². The first-order valence-electron chi connectivity index (χ1n) is 7.01. The van der Waals surface area contributed by atoms with Crippen LogP contribution in [0, 0.1) is 0 Å². The van der Waals surface area contributed by atoms with Crippen LogP contribution in [0.3, 0.4) is 0 Å². The van der Waals surface area contributed by atoms with Gasteiger partial charge in [-0.25, -0.2) is 0 Å². The molecule has 0 aromatic heterocycles. The van der Waals surface area contributed by atoms with Gasteiger partial charge in [-0.1, -0.05) is 12.2 Å². The Morgan fingerprint density at radius 1 is 1.05 bits per heavy atom. The van der Waals surface area contributed by atoms with E-state index in [4.69, 9.17) is 0 Å². The summed E-state index contributed by atoms with van der Waals surface area (Å²) in [7, 11) is 6.35. The largest absolute Gasteiger partial charge is 0.377 e. The number of rotatable bonds is 5. The number of hydrogen-bond donors (Lipinski definition) is 0. The standard InChI is InChI=1S/C16H25N3/c1-17(2)9-4-10-19-13-7-16(8-14-19)15-5-11-18(3)12-6-15/h5-8,11,13H,4,9-10,12,14H2,1-3H3. The molecule has 0 unspecified atom stereocenters. The van der Waals surface area contributed by atoms with Crippen LogP contribution >= 0.6 is 0 Å². The van der Waals surface area contributed by atoms with Crippen molar-refractivity contribution in [1.29, 1.82) is 0 Å². The maximum Gasteiger partial charge on any atom is 0.0363 e. The summed E-state index contributed by atoms with van der Waals surface area (Å²) in [5, 5.41) is 0. The number of likely N-dealkylation sites (N-methyl/N-ethyl adjacent to an activating group) is 1. The maximum absolute atomic E-state index is 2.38. The fourth-order valence-electron chi connectivity index (χ4n) is 2.29. The van der Waals surface area contributed by atoms with E-state index >= 15 is 0 Å². The van der Waals surface area contributed by atoms with Gasteiger partial charge in [-0.3, -0.25) is 0 Å². The second kappa shape index (κ2) is 6.62. The zero-order valence-corrected chi connectivity index (χ0v) is 12.3. The molecular formula is C16H25N3. The second-order valence-corrected chi connectivity index (χ2v) is 5.54. The van der Waals surface area contributed by atoms with Gasteiger partial charge in [-0.2, -0.15) is 0 Å². The Kier molecular flexibility index (Phi) is 4.86. The van der Waals surface area contributed by atoms with Gasteiger partial charge in [-0.05, 0) is 62.8 Å². The molecule has 0 bridgehead atoms. The lowest BCUT2D eigenvalue weighted by Gasteiger charge is -2.25. The smallest absolute Gasteiger partial charge is 0.0363 e. The van der Waals surface area contributed by atoms with Crippen LogP contribution in [0.25, 0.3) is 0 Å². The summed E-state index contributed by atoms with van der Waals surface area (Å²) in [6.45, 7) is 4.32. The van der Waals surface area contributed by atoms with Gasteiger partial charge in [-0.15, -0.1) is 0 Å². The molecule has 0 radical (unpaired) electrons. The summed E-state index contributed by atoms with van der Waals surface area (Å²) < 4.78 is 0. The van der Waals surface area contributed by atoms with Crippen molar-refractivity contribution < 1.29 is 0 Å². The molecule has 19 heavy (non-hydrogen) atoms. The average molecular weight is 259 g/mol. The van der Waals surface area contributed by atoms with Gasteiger partial charge >= 0.3 is 0 Å². The lowest BCUT2D eigenvalue weighted by molar-refractivity contribution is 0.342. The summed E-state index contributed by atoms with van der Waals surface area (Å²) in [4.78, 5) is 6.81. The molecule has 2 rings (SSSR count). The third kappa shape index (κ3) is 4.28. The van der Waals surface area contributed by atoms with Crippen molar-refractivity contribution in [3.63, 3.8) is 0 Å². The first-order chi connectivity index (χ1) is 9.15. The lowest BCUT2D eigenvalue weighted by atomic mass is 10.0. The highest BCUT2D eigenvalue weighted by molar-refractivity contribution is 5.48. The summed E-state index contributed by atoms with van der Waals surface area (Å²) in [5.74, 6) is 0. The maximum atomic E-state index is 2.38. The minimum absolute atomic E-state index is 1.00. The van der Waals surface area contributed by atoms with E-state index in [1.54, 1.807) is 0 Å². The topological polar surface area (TPSA) is 9.72 Å². The normalized spacial score (nSPS) is 18.9. The van der Waals surface area contributed by atoms with Gasteiger partial charge < -0.3 is 14.7 Å². The van der Waals surface area contributed by atoms with Crippen molar-refractivity contribution >= 4 is 0 Å². The van der Waals surface area contributed by atoms with Crippen LogP contribution in [0.5, 0.6) is 0 Å². The first kappa shape index (κ1) is 13.9. The molecule has 0 aliphatic carbocycles. The fraction of sp³-hybridized carbons (Fsp3) is 0.500. The van der Waals surface area contributed by atoms with E-state index in [0.717, 1.165) is 26.2 Å². The zero-order chi connectivity index (χ0) is 13.7.